The van der Waals surface area contributed by atoms with Crippen molar-refractivity contribution in [3.05, 3.63) is 28.4 Å². The van der Waals surface area contributed by atoms with E-state index >= 15 is 0 Å². The molecule has 2 rings (SSSR count). The molecular formula is C11H15N3O3. The summed E-state index contributed by atoms with van der Waals surface area (Å²) in [4.78, 5) is 13.8. The van der Waals surface area contributed by atoms with Crippen LogP contribution in [0.3, 0.4) is 0 Å². The van der Waals surface area contributed by atoms with Gasteiger partial charge in [0.05, 0.1) is 11.5 Å². The van der Waals surface area contributed by atoms with Crippen LogP contribution in [0.25, 0.3) is 0 Å². The summed E-state index contributed by atoms with van der Waals surface area (Å²) >= 11 is 0. The molecule has 0 amide bonds. The Kier molecular flexibility index (Phi) is 3.87. The first-order valence-electron chi connectivity index (χ1n) is 5.69. The average Bonchev–Trinajstić information content (AvgIpc) is 2.83. The van der Waals surface area contributed by atoms with Gasteiger partial charge in [0.2, 0.25) is 5.88 Å². The molecule has 2 heterocycles. The lowest BCUT2D eigenvalue weighted by Crippen LogP contribution is -2.11. The zero-order valence-electron chi connectivity index (χ0n) is 9.46. The summed E-state index contributed by atoms with van der Waals surface area (Å²) < 4.78 is 5.44. The van der Waals surface area contributed by atoms with Crippen molar-refractivity contribution in [3.8, 4) is 5.88 Å². The number of nitrogens with zero attached hydrogens (tertiary/aromatic N) is 2. The third kappa shape index (κ3) is 3.39. The van der Waals surface area contributed by atoms with Crippen LogP contribution >= 0.6 is 0 Å². The summed E-state index contributed by atoms with van der Waals surface area (Å²) in [6, 6.07) is 2.94. The molecule has 92 valence electrons. The standard InChI is InChI=1S/C11H15N3O3/c15-14(16)10-1-2-11(13-8-10)17-6-4-9-3-5-12-7-9/h1-2,8-9,12H,3-7H2. The molecule has 1 aliphatic rings. The molecule has 0 saturated carbocycles. The van der Waals surface area contributed by atoms with E-state index in [-0.39, 0.29) is 5.69 Å². The van der Waals surface area contributed by atoms with Gasteiger partial charge in [0.1, 0.15) is 6.20 Å². The molecule has 0 bridgehead atoms. The van der Waals surface area contributed by atoms with Crippen molar-refractivity contribution in [2.45, 2.75) is 12.8 Å². The van der Waals surface area contributed by atoms with Crippen LogP contribution in [0.15, 0.2) is 18.3 Å². The van der Waals surface area contributed by atoms with Crippen molar-refractivity contribution in [1.82, 2.24) is 10.3 Å². The minimum absolute atomic E-state index is 0.0163. The molecule has 1 aromatic rings. The van der Waals surface area contributed by atoms with Gasteiger partial charge in [-0.25, -0.2) is 4.98 Å². The molecule has 17 heavy (non-hydrogen) atoms. The second-order valence-electron chi connectivity index (χ2n) is 4.11. The smallest absolute Gasteiger partial charge is 0.287 e. The number of pyridine rings is 1. The van der Waals surface area contributed by atoms with Crippen molar-refractivity contribution in [2.24, 2.45) is 5.92 Å². The van der Waals surface area contributed by atoms with E-state index in [1.807, 2.05) is 0 Å². The highest BCUT2D eigenvalue weighted by molar-refractivity contribution is 5.28. The van der Waals surface area contributed by atoms with Crippen LogP contribution in [-0.4, -0.2) is 29.6 Å². The van der Waals surface area contributed by atoms with Crippen molar-refractivity contribution >= 4 is 5.69 Å². The predicted molar refractivity (Wildman–Crippen MR) is 62.0 cm³/mol. The largest absolute Gasteiger partial charge is 0.478 e. The summed E-state index contributed by atoms with van der Waals surface area (Å²) in [5.41, 5.74) is -0.0163. The number of nitrogens with one attached hydrogen (secondary N) is 1. The molecule has 6 heteroatoms. The fourth-order valence-corrected chi connectivity index (χ4v) is 1.86. The Hall–Kier alpha value is -1.69. The summed E-state index contributed by atoms with van der Waals surface area (Å²) in [5.74, 6) is 1.12. The minimum atomic E-state index is -0.471. The highest BCUT2D eigenvalue weighted by atomic mass is 16.6. The van der Waals surface area contributed by atoms with Gasteiger partial charge in [0, 0.05) is 12.1 Å². The van der Waals surface area contributed by atoms with E-state index in [4.69, 9.17) is 4.74 Å². The van der Waals surface area contributed by atoms with Gasteiger partial charge in [-0.3, -0.25) is 10.1 Å². The molecule has 1 atom stereocenters. The summed E-state index contributed by atoms with van der Waals surface area (Å²) in [6.45, 7) is 2.74. The predicted octanol–water partition coefficient (Wildman–Crippen LogP) is 1.37. The molecule has 1 saturated heterocycles. The minimum Gasteiger partial charge on any atom is -0.478 e. The summed E-state index contributed by atoms with van der Waals surface area (Å²) in [7, 11) is 0. The lowest BCUT2D eigenvalue weighted by Gasteiger charge is -2.08. The zero-order chi connectivity index (χ0) is 12.1. The maximum absolute atomic E-state index is 10.4. The van der Waals surface area contributed by atoms with Crippen molar-refractivity contribution in [2.75, 3.05) is 19.7 Å². The second-order valence-corrected chi connectivity index (χ2v) is 4.11. The van der Waals surface area contributed by atoms with E-state index in [1.165, 1.54) is 24.8 Å². The van der Waals surface area contributed by atoms with E-state index in [9.17, 15) is 10.1 Å². The van der Waals surface area contributed by atoms with Crippen LogP contribution in [0.2, 0.25) is 0 Å². The topological polar surface area (TPSA) is 77.3 Å². The first-order valence-corrected chi connectivity index (χ1v) is 5.69. The van der Waals surface area contributed by atoms with Gasteiger partial charge >= 0.3 is 0 Å². The molecule has 1 N–H and O–H groups in total. The van der Waals surface area contributed by atoms with Crippen LogP contribution in [-0.2, 0) is 0 Å². The third-order valence-corrected chi connectivity index (χ3v) is 2.87. The number of nitro groups is 1. The van der Waals surface area contributed by atoms with Crippen LogP contribution in [0.1, 0.15) is 12.8 Å². The quantitative estimate of drug-likeness (QED) is 0.618. The Bertz CT molecular complexity index is 374. The Morgan fingerprint density at radius 3 is 3.06 bits per heavy atom. The fraction of sp³-hybridized carbons (Fsp3) is 0.545. The van der Waals surface area contributed by atoms with Gasteiger partial charge < -0.3 is 10.1 Å². The van der Waals surface area contributed by atoms with Crippen LogP contribution in [0.4, 0.5) is 5.69 Å². The van der Waals surface area contributed by atoms with Crippen LogP contribution in [0, 0.1) is 16.0 Å². The van der Waals surface area contributed by atoms with Gasteiger partial charge in [-0.2, -0.15) is 0 Å². The molecule has 6 nitrogen and oxygen atoms in total. The Morgan fingerprint density at radius 2 is 2.47 bits per heavy atom. The second kappa shape index (κ2) is 5.58. The van der Waals surface area contributed by atoms with E-state index in [0.29, 0.717) is 18.4 Å². The molecule has 0 aliphatic carbocycles. The summed E-state index contributed by atoms with van der Waals surface area (Å²) in [6.07, 6.45) is 3.40. The van der Waals surface area contributed by atoms with Crippen molar-refractivity contribution in [1.29, 1.82) is 0 Å². The molecule has 1 fully saturated rings. The number of hydrogen-bond donors (Lipinski definition) is 1. The average molecular weight is 237 g/mol. The van der Waals surface area contributed by atoms with E-state index in [1.54, 1.807) is 0 Å². The zero-order valence-corrected chi connectivity index (χ0v) is 9.46. The Balaban J connectivity index is 1.76. The Morgan fingerprint density at radius 1 is 1.59 bits per heavy atom. The number of aromatic nitrogens is 1. The number of rotatable bonds is 5. The molecular weight excluding hydrogens is 222 g/mol. The molecule has 0 radical (unpaired) electrons. The molecule has 1 unspecified atom stereocenters. The van der Waals surface area contributed by atoms with Gasteiger partial charge in [-0.15, -0.1) is 0 Å². The highest BCUT2D eigenvalue weighted by Crippen LogP contribution is 2.15. The molecule has 1 aliphatic heterocycles. The lowest BCUT2D eigenvalue weighted by atomic mass is 10.1. The summed E-state index contributed by atoms with van der Waals surface area (Å²) in [5, 5.41) is 13.7. The number of ether oxygens (including phenoxy) is 1. The highest BCUT2D eigenvalue weighted by Gasteiger charge is 2.14. The SMILES string of the molecule is O=[N+]([O-])c1ccc(OCCC2CCNC2)nc1. The first kappa shape index (κ1) is 11.8. The molecule has 0 aromatic carbocycles. The monoisotopic (exact) mass is 237 g/mol. The van der Waals surface area contributed by atoms with Gasteiger partial charge in [-0.05, 0) is 31.8 Å². The van der Waals surface area contributed by atoms with Crippen LogP contribution < -0.4 is 10.1 Å². The molecule has 0 spiro atoms. The fourth-order valence-electron chi connectivity index (χ4n) is 1.86. The van der Waals surface area contributed by atoms with E-state index < -0.39 is 4.92 Å². The first-order chi connectivity index (χ1) is 8.25. The number of hydrogen-bond acceptors (Lipinski definition) is 5. The van der Waals surface area contributed by atoms with Crippen molar-refractivity contribution in [3.63, 3.8) is 0 Å². The maximum atomic E-state index is 10.4. The van der Waals surface area contributed by atoms with Gasteiger partial charge in [0.15, 0.2) is 0 Å². The van der Waals surface area contributed by atoms with E-state index in [0.717, 1.165) is 19.5 Å². The van der Waals surface area contributed by atoms with E-state index in [2.05, 4.69) is 10.3 Å². The van der Waals surface area contributed by atoms with Gasteiger partial charge in [-0.1, -0.05) is 0 Å². The van der Waals surface area contributed by atoms with Gasteiger partial charge in [0.25, 0.3) is 5.69 Å². The third-order valence-electron chi connectivity index (χ3n) is 2.87. The van der Waals surface area contributed by atoms with Crippen molar-refractivity contribution < 1.29 is 9.66 Å². The molecule has 1 aromatic heterocycles. The normalized spacial score (nSPS) is 19.2. The maximum Gasteiger partial charge on any atom is 0.287 e. The lowest BCUT2D eigenvalue weighted by molar-refractivity contribution is -0.385. The Labute approximate surface area is 99.2 Å². The van der Waals surface area contributed by atoms with Crippen LogP contribution in [0.5, 0.6) is 5.88 Å².